The van der Waals surface area contributed by atoms with E-state index in [0.717, 1.165) is 17.9 Å². The van der Waals surface area contributed by atoms with Gasteiger partial charge in [-0.05, 0) is 37.6 Å². The van der Waals surface area contributed by atoms with Crippen molar-refractivity contribution in [1.82, 2.24) is 5.32 Å². The highest BCUT2D eigenvalue weighted by atomic mass is 14.9. The van der Waals surface area contributed by atoms with Crippen molar-refractivity contribution in [3.8, 4) is 0 Å². The SMILES string of the molecule is CCCNC(CC(C)C)CC1CC1. The first kappa shape index (κ1) is 11.0. The van der Waals surface area contributed by atoms with Crippen LogP contribution in [0.4, 0.5) is 0 Å². The molecule has 1 fully saturated rings. The van der Waals surface area contributed by atoms with Crippen LogP contribution < -0.4 is 5.32 Å². The number of nitrogens with one attached hydrogen (secondary N) is 1. The molecule has 0 bridgehead atoms. The monoisotopic (exact) mass is 183 g/mol. The Labute approximate surface area is 83.3 Å². The first-order valence-corrected chi connectivity index (χ1v) is 5.95. The second-order valence-electron chi connectivity index (χ2n) is 4.96. The quantitative estimate of drug-likeness (QED) is 0.639. The minimum Gasteiger partial charge on any atom is -0.314 e. The maximum atomic E-state index is 3.67. The van der Waals surface area contributed by atoms with E-state index in [4.69, 9.17) is 0 Å². The van der Waals surface area contributed by atoms with E-state index >= 15 is 0 Å². The summed E-state index contributed by atoms with van der Waals surface area (Å²) >= 11 is 0. The summed E-state index contributed by atoms with van der Waals surface area (Å²) in [5.41, 5.74) is 0. The van der Waals surface area contributed by atoms with Crippen LogP contribution in [0.15, 0.2) is 0 Å². The molecule has 0 aromatic heterocycles. The van der Waals surface area contributed by atoms with Crippen molar-refractivity contribution >= 4 is 0 Å². The van der Waals surface area contributed by atoms with Crippen molar-refractivity contribution in [2.24, 2.45) is 11.8 Å². The highest BCUT2D eigenvalue weighted by Gasteiger charge is 2.25. The minimum atomic E-state index is 0.799. The summed E-state index contributed by atoms with van der Waals surface area (Å²) in [6.07, 6.45) is 7.03. The first-order chi connectivity index (χ1) is 6.22. The van der Waals surface area contributed by atoms with Crippen LogP contribution in [0.25, 0.3) is 0 Å². The Morgan fingerprint density at radius 3 is 2.46 bits per heavy atom. The summed E-state index contributed by atoms with van der Waals surface area (Å²) in [4.78, 5) is 0. The van der Waals surface area contributed by atoms with Gasteiger partial charge in [0.1, 0.15) is 0 Å². The van der Waals surface area contributed by atoms with Gasteiger partial charge in [0.2, 0.25) is 0 Å². The fraction of sp³-hybridized carbons (Fsp3) is 1.00. The second kappa shape index (κ2) is 5.64. The maximum Gasteiger partial charge on any atom is 0.00721 e. The zero-order chi connectivity index (χ0) is 9.68. The molecular weight excluding hydrogens is 158 g/mol. The molecule has 1 N–H and O–H groups in total. The predicted molar refractivity (Wildman–Crippen MR) is 58.9 cm³/mol. The molecule has 0 aromatic carbocycles. The summed E-state index contributed by atoms with van der Waals surface area (Å²) in [5, 5.41) is 3.67. The molecule has 1 unspecified atom stereocenters. The summed E-state index contributed by atoms with van der Waals surface area (Å²) < 4.78 is 0. The molecule has 0 radical (unpaired) electrons. The lowest BCUT2D eigenvalue weighted by molar-refractivity contribution is 0.384. The molecule has 1 saturated carbocycles. The fourth-order valence-corrected chi connectivity index (χ4v) is 1.94. The normalized spacial score (nSPS) is 19.4. The average Bonchev–Trinajstić information content (AvgIpc) is 2.83. The molecule has 0 spiro atoms. The van der Waals surface area contributed by atoms with Gasteiger partial charge >= 0.3 is 0 Å². The molecule has 13 heavy (non-hydrogen) atoms. The summed E-state index contributed by atoms with van der Waals surface area (Å²) in [6.45, 7) is 8.10. The Balaban J connectivity index is 2.15. The third-order valence-electron chi connectivity index (χ3n) is 2.75. The van der Waals surface area contributed by atoms with Crippen molar-refractivity contribution < 1.29 is 0 Å². The van der Waals surface area contributed by atoms with Crippen molar-refractivity contribution in [3.63, 3.8) is 0 Å². The first-order valence-electron chi connectivity index (χ1n) is 5.95. The van der Waals surface area contributed by atoms with E-state index in [1.807, 2.05) is 0 Å². The Hall–Kier alpha value is -0.0400. The van der Waals surface area contributed by atoms with E-state index in [1.54, 1.807) is 0 Å². The lowest BCUT2D eigenvalue weighted by Gasteiger charge is -2.20. The average molecular weight is 183 g/mol. The van der Waals surface area contributed by atoms with Gasteiger partial charge in [0.15, 0.2) is 0 Å². The highest BCUT2D eigenvalue weighted by Crippen LogP contribution is 2.34. The zero-order valence-corrected chi connectivity index (χ0v) is 9.47. The molecule has 1 aliphatic rings. The van der Waals surface area contributed by atoms with Gasteiger partial charge in [-0.1, -0.05) is 33.6 Å². The summed E-state index contributed by atoms with van der Waals surface area (Å²) in [5.74, 6) is 1.90. The predicted octanol–water partition coefficient (Wildman–Crippen LogP) is 3.20. The molecule has 1 heteroatoms. The van der Waals surface area contributed by atoms with Crippen LogP contribution in [0.2, 0.25) is 0 Å². The Bertz CT molecular complexity index is 123. The Kier molecular flexibility index (Phi) is 4.79. The van der Waals surface area contributed by atoms with Gasteiger partial charge in [0.25, 0.3) is 0 Å². The molecule has 78 valence electrons. The molecule has 0 heterocycles. The second-order valence-corrected chi connectivity index (χ2v) is 4.96. The van der Waals surface area contributed by atoms with Gasteiger partial charge in [-0.15, -0.1) is 0 Å². The van der Waals surface area contributed by atoms with E-state index in [1.165, 1.54) is 38.6 Å². The van der Waals surface area contributed by atoms with Gasteiger partial charge in [-0.25, -0.2) is 0 Å². The van der Waals surface area contributed by atoms with Gasteiger partial charge in [0.05, 0.1) is 0 Å². The van der Waals surface area contributed by atoms with E-state index in [-0.39, 0.29) is 0 Å². The number of hydrogen-bond donors (Lipinski definition) is 1. The molecule has 0 amide bonds. The van der Waals surface area contributed by atoms with Crippen LogP contribution in [-0.2, 0) is 0 Å². The van der Waals surface area contributed by atoms with Crippen LogP contribution in [0.3, 0.4) is 0 Å². The molecule has 1 atom stereocenters. The lowest BCUT2D eigenvalue weighted by atomic mass is 9.99. The van der Waals surface area contributed by atoms with Gasteiger partial charge in [-0.2, -0.15) is 0 Å². The van der Waals surface area contributed by atoms with E-state index in [0.29, 0.717) is 0 Å². The highest BCUT2D eigenvalue weighted by molar-refractivity contribution is 4.80. The zero-order valence-electron chi connectivity index (χ0n) is 9.47. The molecule has 1 nitrogen and oxygen atoms in total. The van der Waals surface area contributed by atoms with E-state index in [9.17, 15) is 0 Å². The van der Waals surface area contributed by atoms with E-state index < -0.39 is 0 Å². The van der Waals surface area contributed by atoms with Gasteiger partial charge < -0.3 is 5.32 Å². The summed E-state index contributed by atoms with van der Waals surface area (Å²) in [7, 11) is 0. The third kappa shape index (κ3) is 5.30. The number of rotatable bonds is 7. The summed E-state index contributed by atoms with van der Waals surface area (Å²) in [6, 6.07) is 0.799. The largest absolute Gasteiger partial charge is 0.314 e. The molecule has 0 saturated heterocycles. The van der Waals surface area contributed by atoms with Crippen molar-refractivity contribution in [2.45, 2.75) is 58.9 Å². The molecule has 1 rings (SSSR count). The van der Waals surface area contributed by atoms with Crippen molar-refractivity contribution in [3.05, 3.63) is 0 Å². The maximum absolute atomic E-state index is 3.67. The third-order valence-corrected chi connectivity index (χ3v) is 2.75. The van der Waals surface area contributed by atoms with Crippen LogP contribution in [0.5, 0.6) is 0 Å². The fourth-order valence-electron chi connectivity index (χ4n) is 1.94. The molecule has 0 aromatic rings. The van der Waals surface area contributed by atoms with Crippen LogP contribution in [0, 0.1) is 11.8 Å². The van der Waals surface area contributed by atoms with Gasteiger partial charge in [0, 0.05) is 6.04 Å². The van der Waals surface area contributed by atoms with Crippen LogP contribution in [-0.4, -0.2) is 12.6 Å². The van der Waals surface area contributed by atoms with Gasteiger partial charge in [-0.3, -0.25) is 0 Å². The number of hydrogen-bond acceptors (Lipinski definition) is 1. The van der Waals surface area contributed by atoms with Crippen LogP contribution in [0.1, 0.15) is 52.9 Å². The topological polar surface area (TPSA) is 12.0 Å². The minimum absolute atomic E-state index is 0.799. The van der Waals surface area contributed by atoms with Crippen molar-refractivity contribution in [2.75, 3.05) is 6.54 Å². The molecule has 1 aliphatic carbocycles. The Morgan fingerprint density at radius 1 is 1.31 bits per heavy atom. The van der Waals surface area contributed by atoms with Crippen molar-refractivity contribution in [1.29, 1.82) is 0 Å². The Morgan fingerprint density at radius 2 is 2.00 bits per heavy atom. The van der Waals surface area contributed by atoms with Crippen LogP contribution >= 0.6 is 0 Å². The molecular formula is C12H25N. The molecule has 0 aliphatic heterocycles. The smallest absolute Gasteiger partial charge is 0.00721 e. The standard InChI is InChI=1S/C12H25N/c1-4-7-13-12(8-10(2)3)9-11-5-6-11/h10-13H,4-9H2,1-3H3. The lowest BCUT2D eigenvalue weighted by Crippen LogP contribution is -2.31. The van der Waals surface area contributed by atoms with E-state index in [2.05, 4.69) is 26.1 Å².